The quantitative estimate of drug-likeness (QED) is 0.212. The highest BCUT2D eigenvalue weighted by molar-refractivity contribution is 6.21. The minimum Gasteiger partial charge on any atom is -0.378 e. The molecule has 2 nitrogen and oxygen atoms in total. The summed E-state index contributed by atoms with van der Waals surface area (Å²) in [5, 5.41) is 7.35. The molecule has 0 fully saturated rings. The van der Waals surface area contributed by atoms with Gasteiger partial charge in [0, 0.05) is 30.6 Å². The van der Waals surface area contributed by atoms with Crippen molar-refractivity contribution in [1.82, 2.24) is 4.98 Å². The van der Waals surface area contributed by atoms with Crippen molar-refractivity contribution in [3.63, 3.8) is 0 Å². The van der Waals surface area contributed by atoms with Gasteiger partial charge in [0.2, 0.25) is 0 Å². The molecule has 0 aliphatic carbocycles. The first-order chi connectivity index (χ1) is 16.2. The molecule has 0 saturated carbocycles. The van der Waals surface area contributed by atoms with Crippen molar-refractivity contribution in [3.8, 4) is 0 Å². The van der Waals surface area contributed by atoms with Gasteiger partial charge in [-0.2, -0.15) is 0 Å². The Morgan fingerprint density at radius 3 is 1.67 bits per heavy atom. The highest BCUT2D eigenvalue weighted by Gasteiger charge is 2.13. The number of pyridine rings is 1. The van der Waals surface area contributed by atoms with Gasteiger partial charge in [0.25, 0.3) is 0 Å². The van der Waals surface area contributed by atoms with Crippen molar-refractivity contribution >= 4 is 61.2 Å². The highest BCUT2D eigenvalue weighted by atomic mass is 15.1. The standard InChI is InChI=1S/C31H24N2/c1-33(2)24-16-11-21(12-17-24)13-18-27-30-25-9-5-3-7-22(25)14-19-28(30)32-29-20-15-23-8-4-6-10-26(23)31(27)29/h3-20H,1-2H3/b18-13+. The number of anilines is 1. The highest BCUT2D eigenvalue weighted by Crippen LogP contribution is 2.36. The van der Waals surface area contributed by atoms with Crippen LogP contribution in [-0.4, -0.2) is 19.1 Å². The molecule has 158 valence electrons. The summed E-state index contributed by atoms with van der Waals surface area (Å²) >= 11 is 0. The molecule has 33 heavy (non-hydrogen) atoms. The Kier molecular flexibility index (Phi) is 4.58. The van der Waals surface area contributed by atoms with E-state index in [-0.39, 0.29) is 0 Å². The first kappa shape index (κ1) is 19.5. The van der Waals surface area contributed by atoms with Gasteiger partial charge < -0.3 is 4.90 Å². The normalized spacial score (nSPS) is 11.8. The molecule has 0 unspecified atom stereocenters. The molecule has 0 spiro atoms. The molecule has 5 aromatic carbocycles. The van der Waals surface area contributed by atoms with Crippen LogP contribution in [0.25, 0.3) is 55.5 Å². The van der Waals surface area contributed by atoms with E-state index in [9.17, 15) is 0 Å². The van der Waals surface area contributed by atoms with Crippen LogP contribution in [0.5, 0.6) is 0 Å². The Hall–Kier alpha value is -4.17. The van der Waals surface area contributed by atoms with Crippen LogP contribution < -0.4 is 4.90 Å². The lowest BCUT2D eigenvalue weighted by Crippen LogP contribution is -2.07. The van der Waals surface area contributed by atoms with Crippen LogP contribution in [-0.2, 0) is 0 Å². The lowest BCUT2D eigenvalue weighted by Gasteiger charge is -2.13. The second kappa shape index (κ2) is 7.75. The van der Waals surface area contributed by atoms with Crippen LogP contribution in [0.1, 0.15) is 11.1 Å². The zero-order valence-electron chi connectivity index (χ0n) is 18.8. The van der Waals surface area contributed by atoms with E-state index in [0.717, 1.165) is 11.0 Å². The fourth-order valence-corrected chi connectivity index (χ4v) is 4.76. The number of benzene rings is 5. The molecular formula is C31H24N2. The van der Waals surface area contributed by atoms with E-state index < -0.39 is 0 Å². The van der Waals surface area contributed by atoms with E-state index in [0.29, 0.717) is 0 Å². The van der Waals surface area contributed by atoms with E-state index in [2.05, 4.69) is 128 Å². The first-order valence-electron chi connectivity index (χ1n) is 11.3. The van der Waals surface area contributed by atoms with Crippen molar-refractivity contribution in [2.45, 2.75) is 0 Å². The fourth-order valence-electron chi connectivity index (χ4n) is 4.76. The molecule has 0 N–H and O–H groups in total. The Balaban J connectivity index is 1.70. The number of rotatable bonds is 3. The predicted octanol–water partition coefficient (Wildman–Crippen LogP) is 7.93. The maximum atomic E-state index is 5.09. The molecule has 0 radical (unpaired) electrons. The van der Waals surface area contributed by atoms with Crippen LogP contribution in [0.2, 0.25) is 0 Å². The maximum Gasteiger partial charge on any atom is 0.0722 e. The Morgan fingerprint density at radius 2 is 1.12 bits per heavy atom. The summed E-state index contributed by atoms with van der Waals surface area (Å²) in [7, 11) is 4.13. The Morgan fingerprint density at radius 1 is 0.576 bits per heavy atom. The molecule has 0 bridgehead atoms. The van der Waals surface area contributed by atoms with Crippen LogP contribution in [0.15, 0.2) is 97.1 Å². The molecular weight excluding hydrogens is 400 g/mol. The average molecular weight is 425 g/mol. The van der Waals surface area contributed by atoms with Gasteiger partial charge in [-0.1, -0.05) is 84.9 Å². The predicted molar refractivity (Wildman–Crippen MR) is 144 cm³/mol. The fraction of sp³-hybridized carbons (Fsp3) is 0.0645. The molecule has 6 aromatic rings. The summed E-state index contributed by atoms with van der Waals surface area (Å²) in [5.41, 5.74) is 5.65. The average Bonchev–Trinajstić information content (AvgIpc) is 2.86. The van der Waals surface area contributed by atoms with Gasteiger partial charge in [-0.05, 0) is 56.9 Å². The minimum atomic E-state index is 1.03. The third-order valence-electron chi connectivity index (χ3n) is 6.45. The summed E-state index contributed by atoms with van der Waals surface area (Å²) < 4.78 is 0. The molecule has 1 heterocycles. The molecule has 1 aromatic heterocycles. The Bertz CT molecular complexity index is 1580. The van der Waals surface area contributed by atoms with Gasteiger partial charge in [0.15, 0.2) is 0 Å². The van der Waals surface area contributed by atoms with Gasteiger partial charge in [0.1, 0.15) is 0 Å². The first-order valence-corrected chi connectivity index (χ1v) is 11.3. The van der Waals surface area contributed by atoms with Crippen LogP contribution in [0, 0.1) is 0 Å². The molecule has 6 rings (SSSR count). The van der Waals surface area contributed by atoms with Crippen LogP contribution >= 0.6 is 0 Å². The lowest BCUT2D eigenvalue weighted by molar-refractivity contribution is 1.13. The monoisotopic (exact) mass is 424 g/mol. The third kappa shape index (κ3) is 3.32. The summed E-state index contributed by atoms with van der Waals surface area (Å²) in [6.45, 7) is 0. The minimum absolute atomic E-state index is 1.03. The SMILES string of the molecule is CN(C)c1ccc(/C=C/c2c3c(ccc4ccccc43)nc3ccc4ccccc4c23)cc1. The summed E-state index contributed by atoms with van der Waals surface area (Å²) in [6.07, 6.45) is 4.49. The van der Waals surface area contributed by atoms with Crippen LogP contribution in [0.4, 0.5) is 5.69 Å². The zero-order valence-corrected chi connectivity index (χ0v) is 18.8. The lowest BCUT2D eigenvalue weighted by atomic mass is 9.94. The van der Waals surface area contributed by atoms with E-state index in [1.54, 1.807) is 0 Å². The van der Waals surface area contributed by atoms with Crippen molar-refractivity contribution in [1.29, 1.82) is 0 Å². The van der Waals surface area contributed by atoms with E-state index in [1.807, 2.05) is 0 Å². The second-order valence-electron chi connectivity index (χ2n) is 8.71. The molecule has 0 atom stereocenters. The zero-order chi connectivity index (χ0) is 22.4. The number of hydrogen-bond acceptors (Lipinski definition) is 2. The van der Waals surface area contributed by atoms with Crippen molar-refractivity contribution < 1.29 is 0 Å². The van der Waals surface area contributed by atoms with Gasteiger partial charge >= 0.3 is 0 Å². The van der Waals surface area contributed by atoms with Crippen molar-refractivity contribution in [2.24, 2.45) is 0 Å². The van der Waals surface area contributed by atoms with Gasteiger partial charge in [-0.15, -0.1) is 0 Å². The maximum absolute atomic E-state index is 5.09. The second-order valence-corrected chi connectivity index (χ2v) is 8.71. The molecule has 0 amide bonds. The number of fused-ring (bicyclic) bond motifs is 6. The van der Waals surface area contributed by atoms with E-state index in [1.165, 1.54) is 49.1 Å². The summed E-state index contributed by atoms with van der Waals surface area (Å²) in [6, 6.07) is 34.5. The summed E-state index contributed by atoms with van der Waals surface area (Å²) in [5.74, 6) is 0. The topological polar surface area (TPSA) is 16.1 Å². The van der Waals surface area contributed by atoms with Gasteiger partial charge in [-0.25, -0.2) is 4.98 Å². The molecule has 0 saturated heterocycles. The molecule has 2 heteroatoms. The smallest absolute Gasteiger partial charge is 0.0722 e. The molecule has 0 aliphatic heterocycles. The van der Waals surface area contributed by atoms with Crippen LogP contribution in [0.3, 0.4) is 0 Å². The van der Waals surface area contributed by atoms with E-state index in [4.69, 9.17) is 4.98 Å². The van der Waals surface area contributed by atoms with E-state index >= 15 is 0 Å². The van der Waals surface area contributed by atoms with Gasteiger partial charge in [-0.3, -0.25) is 0 Å². The number of aromatic nitrogens is 1. The number of nitrogens with zero attached hydrogens (tertiary/aromatic N) is 2. The Labute approximate surface area is 193 Å². The van der Waals surface area contributed by atoms with Crippen molar-refractivity contribution in [2.75, 3.05) is 19.0 Å². The molecule has 0 aliphatic rings. The number of hydrogen-bond donors (Lipinski definition) is 0. The largest absolute Gasteiger partial charge is 0.378 e. The van der Waals surface area contributed by atoms with Gasteiger partial charge in [0.05, 0.1) is 11.0 Å². The summed E-state index contributed by atoms with van der Waals surface area (Å²) in [4.78, 5) is 7.21. The third-order valence-corrected chi connectivity index (χ3v) is 6.45. The van der Waals surface area contributed by atoms with Crippen molar-refractivity contribution in [3.05, 3.63) is 108 Å².